The predicted molar refractivity (Wildman–Crippen MR) is 121 cm³/mol. The number of carboxylic acids is 1. The van der Waals surface area contributed by atoms with E-state index in [0.29, 0.717) is 23.5 Å². The van der Waals surface area contributed by atoms with E-state index in [2.05, 4.69) is 10.3 Å². The maximum absolute atomic E-state index is 13.0. The van der Waals surface area contributed by atoms with Crippen molar-refractivity contribution < 1.29 is 24.2 Å². The fourth-order valence-corrected chi connectivity index (χ4v) is 4.06. The fourth-order valence-electron chi connectivity index (χ4n) is 3.44. The second-order valence-electron chi connectivity index (χ2n) is 7.30. The summed E-state index contributed by atoms with van der Waals surface area (Å²) in [5, 5.41) is 14.6. The van der Waals surface area contributed by atoms with Crippen molar-refractivity contribution in [2.75, 3.05) is 16.8 Å². The lowest BCUT2D eigenvalue weighted by molar-refractivity contribution is -0.128. The molecule has 0 spiro atoms. The average Bonchev–Trinajstić information content (AvgIpc) is 3.22. The van der Waals surface area contributed by atoms with Crippen LogP contribution in [0.15, 0.2) is 47.8 Å². The molecule has 8 nitrogen and oxygen atoms in total. The molecule has 0 saturated carbocycles. The molecule has 9 heteroatoms. The summed E-state index contributed by atoms with van der Waals surface area (Å²) in [5.41, 5.74) is 2.70. The zero-order chi connectivity index (χ0) is 22.8. The molecule has 0 bridgehead atoms. The Labute approximate surface area is 188 Å². The number of ether oxygens (including phenoxy) is 1. The Bertz CT molecular complexity index is 1190. The van der Waals surface area contributed by atoms with Crippen LogP contribution in [0.2, 0.25) is 0 Å². The van der Waals surface area contributed by atoms with Crippen molar-refractivity contribution in [3.63, 3.8) is 0 Å². The number of hydrogen-bond acceptors (Lipinski definition) is 6. The zero-order valence-electron chi connectivity index (χ0n) is 17.5. The number of carbonyl (C=O) groups is 3. The third-order valence-electron chi connectivity index (χ3n) is 5.06. The number of carboxylic acid groups (broad SMARTS) is 1. The highest BCUT2D eigenvalue weighted by atomic mass is 32.1. The number of rotatable bonds is 6. The van der Waals surface area contributed by atoms with Crippen LogP contribution in [0.4, 0.5) is 11.4 Å². The molecule has 0 fully saturated rings. The molecule has 4 rings (SSSR count). The van der Waals surface area contributed by atoms with Crippen LogP contribution in [0, 0.1) is 6.92 Å². The molecule has 1 unspecified atom stereocenters. The van der Waals surface area contributed by atoms with E-state index in [9.17, 15) is 14.4 Å². The van der Waals surface area contributed by atoms with Gasteiger partial charge in [0.15, 0.2) is 6.10 Å². The van der Waals surface area contributed by atoms with Gasteiger partial charge >= 0.3 is 5.97 Å². The second-order valence-corrected chi connectivity index (χ2v) is 8.37. The first-order valence-corrected chi connectivity index (χ1v) is 10.9. The normalized spacial score (nSPS) is 15.1. The maximum atomic E-state index is 13.0. The van der Waals surface area contributed by atoms with Crippen LogP contribution < -0.4 is 15.0 Å². The molecular formula is C23H21N3O5S. The highest BCUT2D eigenvalue weighted by molar-refractivity contribution is 7.09. The van der Waals surface area contributed by atoms with Gasteiger partial charge in [0.1, 0.15) is 12.3 Å². The molecule has 32 heavy (non-hydrogen) atoms. The summed E-state index contributed by atoms with van der Waals surface area (Å²) in [6.07, 6.45) is -0.197. The first-order valence-electron chi connectivity index (χ1n) is 10.0. The van der Waals surface area contributed by atoms with Crippen LogP contribution in [0.25, 0.3) is 11.3 Å². The van der Waals surface area contributed by atoms with Crippen molar-refractivity contribution in [3.05, 3.63) is 58.4 Å². The Morgan fingerprint density at radius 3 is 2.59 bits per heavy atom. The first-order chi connectivity index (χ1) is 15.4. The number of aromatic nitrogens is 1. The van der Waals surface area contributed by atoms with Crippen LogP contribution in [0.1, 0.15) is 28.7 Å². The van der Waals surface area contributed by atoms with E-state index >= 15 is 0 Å². The lowest BCUT2D eigenvalue weighted by atomic mass is 10.1. The number of nitrogens with zero attached hydrogens (tertiary/aromatic N) is 2. The zero-order valence-corrected chi connectivity index (χ0v) is 18.3. The third-order valence-corrected chi connectivity index (χ3v) is 5.84. The van der Waals surface area contributed by atoms with Crippen LogP contribution in [0.5, 0.6) is 5.75 Å². The molecule has 2 aromatic carbocycles. The number of fused-ring (bicyclic) bond motifs is 1. The number of amides is 2. The van der Waals surface area contributed by atoms with Gasteiger partial charge in [0.2, 0.25) is 5.91 Å². The Morgan fingerprint density at radius 2 is 1.97 bits per heavy atom. The number of thiazole rings is 1. The van der Waals surface area contributed by atoms with Gasteiger partial charge in [-0.25, -0.2) is 9.78 Å². The second kappa shape index (κ2) is 8.80. The maximum Gasteiger partial charge on any atom is 0.335 e. The molecule has 1 atom stereocenters. The molecule has 3 aromatic rings. The molecule has 2 amide bonds. The van der Waals surface area contributed by atoms with E-state index in [4.69, 9.17) is 9.84 Å². The number of benzene rings is 2. The van der Waals surface area contributed by atoms with Crippen LogP contribution in [0.3, 0.4) is 0 Å². The van der Waals surface area contributed by atoms with Crippen molar-refractivity contribution in [2.24, 2.45) is 0 Å². The van der Waals surface area contributed by atoms with E-state index in [1.54, 1.807) is 6.07 Å². The number of aryl methyl sites for hydroxylation is 1. The molecule has 0 aliphatic carbocycles. The monoisotopic (exact) mass is 451 g/mol. The lowest BCUT2D eigenvalue weighted by Gasteiger charge is -2.34. The SMILES string of the molecule is CCC1Oc2ccc(-c3csc(C)n3)cc2N(CC(=O)Nc2ccc(C(=O)O)cc2)C1=O. The average molecular weight is 452 g/mol. The Kier molecular flexibility index (Phi) is 5.91. The molecule has 164 valence electrons. The molecule has 2 N–H and O–H groups in total. The Balaban J connectivity index is 1.59. The fraction of sp³-hybridized carbons (Fsp3) is 0.217. The van der Waals surface area contributed by atoms with Gasteiger partial charge in [-0.1, -0.05) is 6.92 Å². The molecule has 1 aromatic heterocycles. The number of aromatic carboxylic acids is 1. The molecule has 0 saturated heterocycles. The van der Waals surface area contributed by atoms with Gasteiger partial charge in [-0.2, -0.15) is 0 Å². The van der Waals surface area contributed by atoms with Crippen molar-refractivity contribution in [2.45, 2.75) is 26.4 Å². The van der Waals surface area contributed by atoms with E-state index in [1.165, 1.54) is 40.5 Å². The smallest absolute Gasteiger partial charge is 0.335 e. The van der Waals surface area contributed by atoms with Crippen molar-refractivity contribution in [1.29, 1.82) is 0 Å². The van der Waals surface area contributed by atoms with Crippen molar-refractivity contribution >= 4 is 40.5 Å². The van der Waals surface area contributed by atoms with Gasteiger partial charge < -0.3 is 15.2 Å². The van der Waals surface area contributed by atoms with Gasteiger partial charge in [-0.3, -0.25) is 14.5 Å². The minimum Gasteiger partial charge on any atom is -0.478 e. The lowest BCUT2D eigenvalue weighted by Crippen LogP contribution is -2.48. The first kappa shape index (κ1) is 21.5. The number of hydrogen-bond donors (Lipinski definition) is 2. The minimum absolute atomic E-state index is 0.121. The van der Waals surface area contributed by atoms with Crippen LogP contribution in [-0.4, -0.2) is 40.5 Å². The highest BCUT2D eigenvalue weighted by Gasteiger charge is 2.34. The summed E-state index contributed by atoms with van der Waals surface area (Å²) in [5.74, 6) is -1.21. The summed E-state index contributed by atoms with van der Waals surface area (Å²) < 4.78 is 5.86. The highest BCUT2D eigenvalue weighted by Crippen LogP contribution is 2.38. The molecule has 0 radical (unpaired) electrons. The van der Waals surface area contributed by atoms with Crippen LogP contribution >= 0.6 is 11.3 Å². The Morgan fingerprint density at radius 1 is 1.22 bits per heavy atom. The summed E-state index contributed by atoms with van der Waals surface area (Å²) in [7, 11) is 0. The van der Waals surface area contributed by atoms with E-state index in [-0.39, 0.29) is 18.0 Å². The topological polar surface area (TPSA) is 109 Å². The molecule has 1 aliphatic rings. The van der Waals surface area contributed by atoms with Gasteiger partial charge in [0, 0.05) is 16.6 Å². The van der Waals surface area contributed by atoms with E-state index in [1.807, 2.05) is 31.4 Å². The van der Waals surface area contributed by atoms with E-state index < -0.39 is 18.0 Å². The number of carbonyl (C=O) groups excluding carboxylic acids is 2. The van der Waals surface area contributed by atoms with E-state index in [0.717, 1.165) is 16.3 Å². The number of anilines is 2. The van der Waals surface area contributed by atoms with Gasteiger partial charge in [-0.05, 0) is 55.8 Å². The largest absolute Gasteiger partial charge is 0.478 e. The van der Waals surface area contributed by atoms with Crippen molar-refractivity contribution in [3.8, 4) is 17.0 Å². The molecule has 1 aliphatic heterocycles. The van der Waals surface area contributed by atoms with Gasteiger partial charge in [0.25, 0.3) is 5.91 Å². The third kappa shape index (κ3) is 4.33. The standard InChI is InChI=1S/C23H21N3O5S/c1-3-19-22(28)26(11-21(27)25-16-7-4-14(5-8-16)23(29)30)18-10-15(6-9-20(18)31-19)17-12-32-13(2)24-17/h4-10,12,19H,3,11H2,1-2H3,(H,25,27)(H,29,30). The van der Waals surface area contributed by atoms with Crippen LogP contribution in [-0.2, 0) is 9.59 Å². The van der Waals surface area contributed by atoms with Gasteiger partial charge in [0.05, 0.1) is 22.0 Å². The quantitative estimate of drug-likeness (QED) is 0.587. The summed E-state index contributed by atoms with van der Waals surface area (Å²) in [6.45, 7) is 3.57. The predicted octanol–water partition coefficient (Wildman–Crippen LogP) is 3.96. The minimum atomic E-state index is -1.05. The summed E-state index contributed by atoms with van der Waals surface area (Å²) in [4.78, 5) is 42.7. The number of nitrogens with one attached hydrogen (secondary N) is 1. The molecular weight excluding hydrogens is 430 g/mol. The Hall–Kier alpha value is -3.72. The van der Waals surface area contributed by atoms with Crippen molar-refractivity contribution in [1.82, 2.24) is 4.98 Å². The molecule has 2 heterocycles. The summed E-state index contributed by atoms with van der Waals surface area (Å²) >= 11 is 1.53. The summed E-state index contributed by atoms with van der Waals surface area (Å²) in [6, 6.07) is 11.3. The van der Waals surface area contributed by atoms with Gasteiger partial charge in [-0.15, -0.1) is 11.3 Å².